The molecule has 0 spiro atoms. The van der Waals surface area contributed by atoms with Gasteiger partial charge in [-0.05, 0) is 29.8 Å². The van der Waals surface area contributed by atoms with E-state index in [1.165, 1.54) is 10.9 Å². The Hall–Kier alpha value is -2.88. The minimum Gasteiger partial charge on any atom is -0.380 e. The van der Waals surface area contributed by atoms with Gasteiger partial charge in [-0.3, -0.25) is 10.1 Å². The quantitative estimate of drug-likeness (QED) is 0.598. The molecule has 102 valence electrons. The third-order valence-corrected chi connectivity index (χ3v) is 3.69. The van der Waals surface area contributed by atoms with Gasteiger partial charge in [-0.1, -0.05) is 24.3 Å². The average molecular weight is 274 g/mol. The molecule has 2 aromatic carbocycles. The monoisotopic (exact) mass is 274 g/mol. The van der Waals surface area contributed by atoms with Crippen LogP contribution < -0.4 is 5.32 Å². The highest BCUT2D eigenvalue weighted by molar-refractivity contribution is 5.91. The van der Waals surface area contributed by atoms with E-state index in [-0.39, 0.29) is 0 Å². The zero-order valence-electron chi connectivity index (χ0n) is 11.4. The van der Waals surface area contributed by atoms with Crippen LogP contribution in [0.5, 0.6) is 0 Å². The number of nitrogens with zero attached hydrogens (tertiary/aromatic N) is 2. The molecule has 0 unspecified atom stereocenters. The van der Waals surface area contributed by atoms with Gasteiger partial charge in [0.25, 0.3) is 0 Å². The van der Waals surface area contributed by atoms with Crippen LogP contribution in [0.3, 0.4) is 0 Å². The van der Waals surface area contributed by atoms with Crippen molar-refractivity contribution in [1.82, 2.24) is 15.2 Å². The number of aromatic nitrogens is 3. The Labute approximate surface area is 121 Å². The van der Waals surface area contributed by atoms with E-state index in [0.717, 1.165) is 28.7 Å². The number of pyridine rings is 1. The molecule has 0 atom stereocenters. The molecule has 0 aliphatic heterocycles. The number of benzene rings is 2. The molecule has 0 saturated carbocycles. The molecule has 4 rings (SSSR count). The van der Waals surface area contributed by atoms with Gasteiger partial charge in [0, 0.05) is 29.2 Å². The van der Waals surface area contributed by atoms with Crippen LogP contribution in [0.15, 0.2) is 60.9 Å². The number of anilines is 1. The first-order valence-corrected chi connectivity index (χ1v) is 6.90. The van der Waals surface area contributed by atoms with Crippen molar-refractivity contribution in [2.75, 3.05) is 5.32 Å². The summed E-state index contributed by atoms with van der Waals surface area (Å²) in [7, 11) is 0. The van der Waals surface area contributed by atoms with E-state index < -0.39 is 0 Å². The average Bonchev–Trinajstić information content (AvgIpc) is 3.02. The van der Waals surface area contributed by atoms with Gasteiger partial charge in [-0.25, -0.2) is 0 Å². The summed E-state index contributed by atoms with van der Waals surface area (Å²) in [6.45, 7) is 0.757. The normalized spacial score (nSPS) is 11.0. The summed E-state index contributed by atoms with van der Waals surface area (Å²) >= 11 is 0. The van der Waals surface area contributed by atoms with Gasteiger partial charge in [-0.2, -0.15) is 5.10 Å². The van der Waals surface area contributed by atoms with E-state index in [1.807, 2.05) is 42.7 Å². The zero-order chi connectivity index (χ0) is 14.1. The van der Waals surface area contributed by atoms with Crippen LogP contribution in [0.1, 0.15) is 5.56 Å². The molecule has 0 aliphatic carbocycles. The molecule has 4 nitrogen and oxygen atoms in total. The number of hydrogen-bond donors (Lipinski definition) is 2. The molecule has 0 radical (unpaired) electrons. The van der Waals surface area contributed by atoms with Crippen LogP contribution >= 0.6 is 0 Å². The minimum absolute atomic E-state index is 0.757. The molecule has 4 heteroatoms. The molecule has 0 bridgehead atoms. The SMILES string of the molecule is c1ccc2c(CNc3cccc4[nH]ncc34)ccnc2c1. The van der Waals surface area contributed by atoms with Crippen molar-refractivity contribution >= 4 is 27.5 Å². The maximum absolute atomic E-state index is 4.40. The van der Waals surface area contributed by atoms with Gasteiger partial charge in [0.1, 0.15) is 0 Å². The van der Waals surface area contributed by atoms with Crippen molar-refractivity contribution in [3.05, 3.63) is 66.5 Å². The molecule has 0 saturated heterocycles. The maximum Gasteiger partial charge on any atom is 0.0705 e. The van der Waals surface area contributed by atoms with Gasteiger partial charge in [0.05, 0.1) is 17.2 Å². The number of rotatable bonds is 3. The molecule has 0 amide bonds. The molecule has 2 N–H and O–H groups in total. The van der Waals surface area contributed by atoms with Crippen molar-refractivity contribution in [3.8, 4) is 0 Å². The highest BCUT2D eigenvalue weighted by atomic mass is 15.1. The molecule has 2 aromatic heterocycles. The number of aromatic amines is 1. The second-order valence-electron chi connectivity index (χ2n) is 4.98. The lowest BCUT2D eigenvalue weighted by Gasteiger charge is -2.09. The molecular formula is C17H14N4. The third kappa shape index (κ3) is 2.10. The highest BCUT2D eigenvalue weighted by Crippen LogP contribution is 2.23. The second-order valence-corrected chi connectivity index (χ2v) is 4.98. The molecule has 2 heterocycles. The smallest absolute Gasteiger partial charge is 0.0705 e. The van der Waals surface area contributed by atoms with Gasteiger partial charge >= 0.3 is 0 Å². The predicted molar refractivity (Wildman–Crippen MR) is 85.2 cm³/mol. The van der Waals surface area contributed by atoms with Crippen LogP contribution in [0.25, 0.3) is 21.8 Å². The number of H-pyrrole nitrogens is 1. The molecular weight excluding hydrogens is 260 g/mol. The summed E-state index contributed by atoms with van der Waals surface area (Å²) in [6, 6.07) is 16.4. The Morgan fingerprint density at radius 3 is 2.90 bits per heavy atom. The molecule has 21 heavy (non-hydrogen) atoms. The lowest BCUT2D eigenvalue weighted by molar-refractivity contribution is 1.12. The summed E-state index contributed by atoms with van der Waals surface area (Å²) in [4.78, 5) is 4.40. The fraction of sp³-hybridized carbons (Fsp3) is 0.0588. The van der Waals surface area contributed by atoms with Crippen LogP contribution in [-0.4, -0.2) is 15.2 Å². The fourth-order valence-electron chi connectivity index (χ4n) is 2.62. The van der Waals surface area contributed by atoms with Crippen molar-refractivity contribution in [2.45, 2.75) is 6.54 Å². The lowest BCUT2D eigenvalue weighted by Crippen LogP contribution is -2.00. The van der Waals surface area contributed by atoms with Gasteiger partial charge in [0.15, 0.2) is 0 Å². The number of para-hydroxylation sites is 1. The largest absolute Gasteiger partial charge is 0.380 e. The second kappa shape index (κ2) is 4.90. The Balaban J connectivity index is 1.68. The summed E-state index contributed by atoms with van der Waals surface area (Å²) in [6.07, 6.45) is 3.71. The van der Waals surface area contributed by atoms with Crippen LogP contribution in [-0.2, 0) is 6.54 Å². The summed E-state index contributed by atoms with van der Waals surface area (Å²) in [5.74, 6) is 0. The highest BCUT2D eigenvalue weighted by Gasteiger charge is 2.04. The Kier molecular flexibility index (Phi) is 2.78. The predicted octanol–water partition coefficient (Wildman–Crippen LogP) is 3.72. The van der Waals surface area contributed by atoms with Crippen LogP contribution in [0, 0.1) is 0 Å². The van der Waals surface area contributed by atoms with E-state index in [4.69, 9.17) is 0 Å². The van der Waals surface area contributed by atoms with E-state index >= 15 is 0 Å². The van der Waals surface area contributed by atoms with Gasteiger partial charge in [0.2, 0.25) is 0 Å². The zero-order valence-corrected chi connectivity index (χ0v) is 11.4. The Morgan fingerprint density at radius 2 is 1.90 bits per heavy atom. The standard InChI is InChI=1S/C17H14N4/c1-2-5-15-13(4-1)12(8-9-18-15)10-19-16-6-3-7-17-14(16)11-20-21-17/h1-9,11,19H,10H2,(H,20,21). The van der Waals surface area contributed by atoms with Crippen molar-refractivity contribution < 1.29 is 0 Å². The first-order valence-electron chi connectivity index (χ1n) is 6.90. The van der Waals surface area contributed by atoms with Gasteiger partial charge < -0.3 is 5.32 Å². The summed E-state index contributed by atoms with van der Waals surface area (Å²) in [5.41, 5.74) is 4.39. The first kappa shape index (κ1) is 11.9. The van der Waals surface area contributed by atoms with Crippen LogP contribution in [0.4, 0.5) is 5.69 Å². The van der Waals surface area contributed by atoms with E-state index in [9.17, 15) is 0 Å². The van der Waals surface area contributed by atoms with E-state index in [0.29, 0.717) is 0 Å². The number of hydrogen-bond acceptors (Lipinski definition) is 3. The van der Waals surface area contributed by atoms with Crippen molar-refractivity contribution in [2.24, 2.45) is 0 Å². The Morgan fingerprint density at radius 1 is 0.952 bits per heavy atom. The van der Waals surface area contributed by atoms with Crippen molar-refractivity contribution in [1.29, 1.82) is 0 Å². The van der Waals surface area contributed by atoms with E-state index in [1.54, 1.807) is 0 Å². The summed E-state index contributed by atoms with van der Waals surface area (Å²) < 4.78 is 0. The Bertz CT molecular complexity index is 905. The fourth-order valence-corrected chi connectivity index (χ4v) is 2.62. The maximum atomic E-state index is 4.40. The molecule has 4 aromatic rings. The van der Waals surface area contributed by atoms with E-state index in [2.05, 4.69) is 38.7 Å². The topological polar surface area (TPSA) is 53.6 Å². The van der Waals surface area contributed by atoms with Crippen LogP contribution in [0.2, 0.25) is 0 Å². The minimum atomic E-state index is 0.757. The number of nitrogens with one attached hydrogen (secondary N) is 2. The first-order chi connectivity index (χ1) is 10.4. The lowest BCUT2D eigenvalue weighted by atomic mass is 10.1. The summed E-state index contributed by atoms with van der Waals surface area (Å²) in [5, 5.41) is 12.9. The van der Waals surface area contributed by atoms with Crippen molar-refractivity contribution in [3.63, 3.8) is 0 Å². The number of fused-ring (bicyclic) bond motifs is 2. The molecule has 0 fully saturated rings. The van der Waals surface area contributed by atoms with Gasteiger partial charge in [-0.15, -0.1) is 0 Å². The third-order valence-electron chi connectivity index (χ3n) is 3.69. The molecule has 0 aliphatic rings.